The SMILES string of the molecule is CC(c1ccccn1)C(Br)C1CC1. The predicted octanol–water partition coefficient (Wildman–Crippen LogP) is 3.36. The van der Waals surface area contributed by atoms with Crippen LogP contribution in [0.25, 0.3) is 0 Å². The maximum absolute atomic E-state index is 4.38. The highest BCUT2D eigenvalue weighted by molar-refractivity contribution is 9.09. The summed E-state index contributed by atoms with van der Waals surface area (Å²) >= 11 is 3.77. The van der Waals surface area contributed by atoms with Crippen LogP contribution in [0.5, 0.6) is 0 Å². The minimum Gasteiger partial charge on any atom is -0.261 e. The third-order valence-electron chi connectivity index (χ3n) is 2.70. The van der Waals surface area contributed by atoms with Crippen LogP contribution in [0.2, 0.25) is 0 Å². The number of hydrogen-bond acceptors (Lipinski definition) is 1. The van der Waals surface area contributed by atoms with E-state index in [1.165, 1.54) is 18.5 Å². The third-order valence-corrected chi connectivity index (χ3v) is 4.24. The molecule has 0 saturated heterocycles. The maximum Gasteiger partial charge on any atom is 0.0442 e. The lowest BCUT2D eigenvalue weighted by atomic mass is 10.00. The highest BCUT2D eigenvalue weighted by atomic mass is 79.9. The van der Waals surface area contributed by atoms with E-state index in [4.69, 9.17) is 0 Å². The average molecular weight is 240 g/mol. The monoisotopic (exact) mass is 239 g/mol. The molecule has 0 bridgehead atoms. The molecule has 1 fully saturated rings. The zero-order valence-electron chi connectivity index (χ0n) is 7.78. The van der Waals surface area contributed by atoms with Crippen LogP contribution >= 0.6 is 15.9 Å². The van der Waals surface area contributed by atoms with Crippen molar-refractivity contribution in [2.45, 2.75) is 30.5 Å². The molecule has 13 heavy (non-hydrogen) atoms. The van der Waals surface area contributed by atoms with Gasteiger partial charge in [0.05, 0.1) is 0 Å². The summed E-state index contributed by atoms with van der Waals surface area (Å²) in [6.07, 6.45) is 4.64. The Labute approximate surface area is 87.7 Å². The van der Waals surface area contributed by atoms with E-state index in [2.05, 4.69) is 40.0 Å². The normalized spacial score (nSPS) is 21.1. The fraction of sp³-hybridized carbons (Fsp3) is 0.545. The summed E-state index contributed by atoms with van der Waals surface area (Å²) in [5.74, 6) is 1.42. The number of hydrogen-bond donors (Lipinski definition) is 0. The van der Waals surface area contributed by atoms with Gasteiger partial charge in [-0.25, -0.2) is 0 Å². The van der Waals surface area contributed by atoms with Gasteiger partial charge in [-0.1, -0.05) is 28.9 Å². The van der Waals surface area contributed by atoms with Crippen LogP contribution in [-0.2, 0) is 0 Å². The molecular formula is C11H14BrN. The predicted molar refractivity (Wildman–Crippen MR) is 58.1 cm³/mol. The first kappa shape index (κ1) is 9.20. The van der Waals surface area contributed by atoms with Gasteiger partial charge < -0.3 is 0 Å². The van der Waals surface area contributed by atoms with Gasteiger partial charge in [0.15, 0.2) is 0 Å². The molecule has 70 valence electrons. The van der Waals surface area contributed by atoms with Crippen molar-refractivity contribution in [2.24, 2.45) is 5.92 Å². The Hall–Kier alpha value is -0.370. The van der Waals surface area contributed by atoms with Gasteiger partial charge >= 0.3 is 0 Å². The molecule has 0 radical (unpaired) electrons. The Balaban J connectivity index is 2.07. The third kappa shape index (κ3) is 2.11. The Morgan fingerprint density at radius 2 is 2.23 bits per heavy atom. The molecular weight excluding hydrogens is 226 g/mol. The zero-order valence-corrected chi connectivity index (χ0v) is 9.37. The van der Waals surface area contributed by atoms with Gasteiger partial charge in [0.25, 0.3) is 0 Å². The fourth-order valence-corrected chi connectivity index (χ4v) is 2.43. The van der Waals surface area contributed by atoms with E-state index in [1.54, 1.807) is 0 Å². The number of nitrogens with zero attached hydrogens (tertiary/aromatic N) is 1. The molecule has 1 aromatic heterocycles. The summed E-state index contributed by atoms with van der Waals surface area (Å²) < 4.78 is 0. The molecule has 1 nitrogen and oxygen atoms in total. The number of pyridine rings is 1. The van der Waals surface area contributed by atoms with Crippen LogP contribution in [0.3, 0.4) is 0 Å². The Morgan fingerprint density at radius 3 is 2.77 bits per heavy atom. The molecule has 2 atom stereocenters. The minimum atomic E-state index is 0.536. The average Bonchev–Trinajstić information content (AvgIpc) is 3.00. The molecule has 2 heteroatoms. The van der Waals surface area contributed by atoms with Gasteiger partial charge in [-0.05, 0) is 30.9 Å². The van der Waals surface area contributed by atoms with Crippen molar-refractivity contribution < 1.29 is 0 Å². The molecule has 0 aromatic carbocycles. The van der Waals surface area contributed by atoms with Crippen molar-refractivity contribution in [1.29, 1.82) is 0 Å². The number of alkyl halides is 1. The molecule has 0 amide bonds. The fourth-order valence-electron chi connectivity index (χ4n) is 1.63. The van der Waals surface area contributed by atoms with E-state index in [0.29, 0.717) is 10.7 Å². The van der Waals surface area contributed by atoms with Gasteiger partial charge in [-0.2, -0.15) is 0 Å². The number of rotatable bonds is 3. The van der Waals surface area contributed by atoms with E-state index in [9.17, 15) is 0 Å². The first-order valence-electron chi connectivity index (χ1n) is 4.84. The van der Waals surface area contributed by atoms with Crippen molar-refractivity contribution in [3.05, 3.63) is 30.1 Å². The van der Waals surface area contributed by atoms with Crippen LogP contribution in [0.15, 0.2) is 24.4 Å². The minimum absolute atomic E-state index is 0.536. The molecule has 1 aliphatic rings. The maximum atomic E-state index is 4.38. The van der Waals surface area contributed by atoms with Crippen molar-refractivity contribution in [3.63, 3.8) is 0 Å². The molecule has 1 aliphatic carbocycles. The summed E-state index contributed by atoms with van der Waals surface area (Å²) in [6, 6.07) is 6.14. The number of aromatic nitrogens is 1. The first-order chi connectivity index (χ1) is 6.29. The van der Waals surface area contributed by atoms with E-state index in [1.807, 2.05) is 12.3 Å². The standard InChI is InChI=1S/C11H14BrN/c1-8(11(12)9-5-6-9)10-4-2-3-7-13-10/h2-4,7-9,11H,5-6H2,1H3. The van der Waals surface area contributed by atoms with Crippen LogP contribution in [0.4, 0.5) is 0 Å². The molecule has 0 spiro atoms. The molecule has 0 N–H and O–H groups in total. The van der Waals surface area contributed by atoms with Gasteiger partial charge in [0.2, 0.25) is 0 Å². The van der Waals surface area contributed by atoms with Crippen LogP contribution in [-0.4, -0.2) is 9.81 Å². The van der Waals surface area contributed by atoms with Gasteiger partial charge in [-0.15, -0.1) is 0 Å². The summed E-state index contributed by atoms with van der Waals surface area (Å²) in [5.41, 5.74) is 1.20. The summed E-state index contributed by atoms with van der Waals surface area (Å²) in [7, 11) is 0. The smallest absolute Gasteiger partial charge is 0.0442 e. The van der Waals surface area contributed by atoms with Gasteiger partial charge in [0.1, 0.15) is 0 Å². The molecule has 1 aromatic rings. The lowest BCUT2D eigenvalue weighted by Gasteiger charge is -2.16. The van der Waals surface area contributed by atoms with Crippen molar-refractivity contribution in [1.82, 2.24) is 4.98 Å². The molecule has 1 heterocycles. The molecule has 2 unspecified atom stereocenters. The van der Waals surface area contributed by atoms with Crippen LogP contribution < -0.4 is 0 Å². The first-order valence-corrected chi connectivity index (χ1v) is 5.75. The Bertz CT molecular complexity index is 269. The largest absolute Gasteiger partial charge is 0.261 e. The van der Waals surface area contributed by atoms with E-state index >= 15 is 0 Å². The van der Waals surface area contributed by atoms with Gasteiger partial charge in [0, 0.05) is 22.6 Å². The molecule has 1 saturated carbocycles. The lowest BCUT2D eigenvalue weighted by Crippen LogP contribution is -2.12. The molecule has 2 rings (SSSR count). The molecule has 0 aliphatic heterocycles. The Morgan fingerprint density at radius 1 is 1.46 bits per heavy atom. The second-order valence-corrected chi connectivity index (χ2v) is 4.88. The van der Waals surface area contributed by atoms with E-state index in [-0.39, 0.29) is 0 Å². The van der Waals surface area contributed by atoms with Crippen molar-refractivity contribution in [3.8, 4) is 0 Å². The number of halogens is 1. The topological polar surface area (TPSA) is 12.9 Å². The van der Waals surface area contributed by atoms with Gasteiger partial charge in [-0.3, -0.25) is 4.98 Å². The lowest BCUT2D eigenvalue weighted by molar-refractivity contribution is 0.634. The highest BCUT2D eigenvalue weighted by Crippen LogP contribution is 2.42. The quantitative estimate of drug-likeness (QED) is 0.738. The van der Waals surface area contributed by atoms with E-state index in [0.717, 1.165) is 5.92 Å². The van der Waals surface area contributed by atoms with Crippen molar-refractivity contribution >= 4 is 15.9 Å². The highest BCUT2D eigenvalue weighted by Gasteiger charge is 2.33. The Kier molecular flexibility index (Phi) is 2.68. The van der Waals surface area contributed by atoms with E-state index < -0.39 is 0 Å². The zero-order chi connectivity index (χ0) is 9.26. The second kappa shape index (κ2) is 3.79. The van der Waals surface area contributed by atoms with Crippen LogP contribution in [0.1, 0.15) is 31.4 Å². The summed E-state index contributed by atoms with van der Waals surface area (Å²) in [6.45, 7) is 2.25. The summed E-state index contributed by atoms with van der Waals surface area (Å²) in [5, 5.41) is 0. The van der Waals surface area contributed by atoms with Crippen molar-refractivity contribution in [2.75, 3.05) is 0 Å². The van der Waals surface area contributed by atoms with Crippen LogP contribution in [0, 0.1) is 5.92 Å². The second-order valence-electron chi connectivity index (χ2n) is 3.83. The summed E-state index contributed by atoms with van der Waals surface area (Å²) in [4.78, 5) is 4.99.